The Morgan fingerprint density at radius 1 is 1.19 bits per heavy atom. The molecular formula is C26H30ClN5O4. The van der Waals surface area contributed by atoms with Crippen LogP contribution in [-0.2, 0) is 17.6 Å². The second kappa shape index (κ2) is 12.5. The number of hydrogen-bond donors (Lipinski definition) is 2. The summed E-state index contributed by atoms with van der Waals surface area (Å²) in [5.74, 6) is 1.26. The third kappa shape index (κ3) is 6.61. The maximum Gasteiger partial charge on any atom is 0.258 e. The van der Waals surface area contributed by atoms with Crippen LogP contribution in [0.15, 0.2) is 40.9 Å². The summed E-state index contributed by atoms with van der Waals surface area (Å²) in [5.41, 5.74) is 4.37. The van der Waals surface area contributed by atoms with E-state index in [2.05, 4.69) is 38.6 Å². The van der Waals surface area contributed by atoms with Crippen molar-refractivity contribution in [2.45, 2.75) is 32.8 Å². The van der Waals surface area contributed by atoms with Crippen LogP contribution in [-0.4, -0.2) is 64.9 Å². The number of ether oxygens (including phenoxy) is 1. The van der Waals surface area contributed by atoms with Gasteiger partial charge in [0.2, 0.25) is 11.7 Å². The summed E-state index contributed by atoms with van der Waals surface area (Å²) in [6.07, 6.45) is 1.62. The molecule has 10 heteroatoms. The number of carbonyl (C=O) groups excluding carboxylic acids is 1. The molecule has 0 atom stereocenters. The van der Waals surface area contributed by atoms with Gasteiger partial charge in [0.15, 0.2) is 0 Å². The van der Waals surface area contributed by atoms with Crippen molar-refractivity contribution in [3.8, 4) is 34.7 Å². The van der Waals surface area contributed by atoms with Crippen molar-refractivity contribution >= 4 is 18.3 Å². The van der Waals surface area contributed by atoms with Gasteiger partial charge in [-0.1, -0.05) is 17.3 Å². The van der Waals surface area contributed by atoms with Gasteiger partial charge < -0.3 is 19.7 Å². The third-order valence-corrected chi connectivity index (χ3v) is 5.80. The number of carbonyl (C=O) groups is 1. The van der Waals surface area contributed by atoms with E-state index < -0.39 is 0 Å². The Morgan fingerprint density at radius 2 is 1.94 bits per heavy atom. The zero-order valence-electron chi connectivity index (χ0n) is 20.4. The SMILES string of the molecule is CC(C)Oc1ccc(-c2nc(-c3ccc4c(c3)CCN(CC(=O)NCCO)CC4)no2)cc1C#N.Cl. The number of aliphatic hydroxyl groups excluding tert-OH is 1. The lowest BCUT2D eigenvalue weighted by atomic mass is 10.00. The number of fused-ring (bicyclic) bond motifs is 1. The lowest BCUT2D eigenvalue weighted by Crippen LogP contribution is -2.39. The number of hydrogen-bond acceptors (Lipinski definition) is 8. The van der Waals surface area contributed by atoms with Gasteiger partial charge >= 0.3 is 0 Å². The fourth-order valence-electron chi connectivity index (χ4n) is 4.09. The second-order valence-electron chi connectivity index (χ2n) is 8.75. The zero-order chi connectivity index (χ0) is 24.8. The summed E-state index contributed by atoms with van der Waals surface area (Å²) in [4.78, 5) is 18.7. The van der Waals surface area contributed by atoms with Gasteiger partial charge in [0.05, 0.1) is 24.8 Å². The Morgan fingerprint density at radius 3 is 2.67 bits per heavy atom. The molecule has 0 aliphatic carbocycles. The quantitative estimate of drug-likeness (QED) is 0.473. The molecule has 0 unspecified atom stereocenters. The van der Waals surface area contributed by atoms with Gasteiger partial charge in [0, 0.05) is 30.8 Å². The van der Waals surface area contributed by atoms with E-state index >= 15 is 0 Å². The van der Waals surface area contributed by atoms with Crippen molar-refractivity contribution < 1.29 is 19.2 Å². The molecule has 1 amide bonds. The smallest absolute Gasteiger partial charge is 0.258 e. The summed E-state index contributed by atoms with van der Waals surface area (Å²) in [6, 6.07) is 13.6. The average molecular weight is 512 g/mol. The highest BCUT2D eigenvalue weighted by molar-refractivity contribution is 5.85. The maximum atomic E-state index is 12.0. The molecule has 0 bridgehead atoms. The molecule has 2 aromatic carbocycles. The minimum absolute atomic E-state index is 0. The number of nitrogens with one attached hydrogen (secondary N) is 1. The maximum absolute atomic E-state index is 12.0. The van der Waals surface area contributed by atoms with Crippen LogP contribution in [0.1, 0.15) is 30.5 Å². The third-order valence-electron chi connectivity index (χ3n) is 5.80. The fraction of sp³-hybridized carbons (Fsp3) is 0.385. The molecule has 2 N–H and O–H groups in total. The summed E-state index contributed by atoms with van der Waals surface area (Å²) < 4.78 is 11.2. The van der Waals surface area contributed by atoms with E-state index in [9.17, 15) is 10.1 Å². The lowest BCUT2D eigenvalue weighted by Gasteiger charge is -2.18. The van der Waals surface area contributed by atoms with E-state index in [1.54, 1.807) is 18.2 Å². The minimum Gasteiger partial charge on any atom is -0.490 e. The van der Waals surface area contributed by atoms with Crippen LogP contribution < -0.4 is 10.1 Å². The molecule has 4 rings (SSSR count). The molecule has 0 spiro atoms. The number of nitrogens with zero attached hydrogens (tertiary/aromatic N) is 4. The topological polar surface area (TPSA) is 125 Å². The zero-order valence-corrected chi connectivity index (χ0v) is 21.2. The standard InChI is InChI=1S/C26H29N5O4.ClH/c1-17(2)34-23-6-5-21(14-22(23)15-27)26-29-25(30-35-26)20-4-3-18-7-10-31(11-8-19(18)13-20)16-24(33)28-9-12-32;/h3-6,13-14,17,32H,7-12,16H2,1-2H3,(H,28,33);1H. The van der Waals surface area contributed by atoms with Crippen LogP contribution in [0.4, 0.5) is 0 Å². The van der Waals surface area contributed by atoms with Crippen molar-refractivity contribution in [1.29, 1.82) is 5.26 Å². The normalized spacial score (nSPS) is 13.3. The fourth-order valence-corrected chi connectivity index (χ4v) is 4.09. The van der Waals surface area contributed by atoms with E-state index in [1.165, 1.54) is 11.1 Å². The van der Waals surface area contributed by atoms with Crippen LogP contribution in [0.25, 0.3) is 22.8 Å². The van der Waals surface area contributed by atoms with Crippen molar-refractivity contribution in [1.82, 2.24) is 20.4 Å². The number of amides is 1. The predicted octanol–water partition coefficient (Wildman–Crippen LogP) is 2.99. The molecule has 3 aromatic rings. The molecule has 0 radical (unpaired) electrons. The van der Waals surface area contributed by atoms with Gasteiger partial charge in [-0.25, -0.2) is 0 Å². The van der Waals surface area contributed by atoms with Crippen LogP contribution in [0.3, 0.4) is 0 Å². The van der Waals surface area contributed by atoms with E-state index in [0.717, 1.165) is 31.5 Å². The van der Waals surface area contributed by atoms with Gasteiger partial charge in [-0.05, 0) is 62.1 Å². The number of benzene rings is 2. The van der Waals surface area contributed by atoms with Crippen molar-refractivity contribution in [2.75, 3.05) is 32.8 Å². The number of aliphatic hydroxyl groups is 1. The molecule has 0 saturated heterocycles. The average Bonchev–Trinajstić information content (AvgIpc) is 3.26. The predicted molar refractivity (Wildman–Crippen MR) is 137 cm³/mol. The van der Waals surface area contributed by atoms with E-state index in [-0.39, 0.29) is 37.6 Å². The van der Waals surface area contributed by atoms with Gasteiger partial charge in [-0.2, -0.15) is 10.2 Å². The molecule has 0 saturated carbocycles. The molecule has 9 nitrogen and oxygen atoms in total. The summed E-state index contributed by atoms with van der Waals surface area (Å²) in [7, 11) is 0. The first-order valence-electron chi connectivity index (χ1n) is 11.7. The van der Waals surface area contributed by atoms with Crippen molar-refractivity contribution in [3.63, 3.8) is 0 Å². The number of aromatic nitrogens is 2. The summed E-state index contributed by atoms with van der Waals surface area (Å²) in [5, 5.41) is 25.2. The molecule has 2 heterocycles. The van der Waals surface area contributed by atoms with Crippen LogP contribution >= 0.6 is 12.4 Å². The Labute approximate surface area is 216 Å². The molecule has 190 valence electrons. The van der Waals surface area contributed by atoms with Gasteiger partial charge in [-0.15, -0.1) is 12.4 Å². The number of rotatable bonds is 8. The molecule has 36 heavy (non-hydrogen) atoms. The Hall–Kier alpha value is -3.45. The van der Waals surface area contributed by atoms with Gasteiger partial charge in [0.25, 0.3) is 5.89 Å². The van der Waals surface area contributed by atoms with E-state index in [4.69, 9.17) is 14.4 Å². The van der Waals surface area contributed by atoms with Crippen LogP contribution in [0, 0.1) is 11.3 Å². The highest BCUT2D eigenvalue weighted by Crippen LogP contribution is 2.29. The van der Waals surface area contributed by atoms with Crippen LogP contribution in [0.5, 0.6) is 5.75 Å². The Bertz CT molecular complexity index is 1240. The molecule has 1 aromatic heterocycles. The highest BCUT2D eigenvalue weighted by Gasteiger charge is 2.19. The van der Waals surface area contributed by atoms with Gasteiger partial charge in [-0.3, -0.25) is 9.69 Å². The highest BCUT2D eigenvalue weighted by atomic mass is 35.5. The second-order valence-corrected chi connectivity index (χ2v) is 8.75. The monoisotopic (exact) mass is 511 g/mol. The lowest BCUT2D eigenvalue weighted by molar-refractivity contribution is -0.122. The summed E-state index contributed by atoms with van der Waals surface area (Å²) >= 11 is 0. The van der Waals surface area contributed by atoms with Gasteiger partial charge in [0.1, 0.15) is 11.8 Å². The summed E-state index contributed by atoms with van der Waals surface area (Å²) in [6.45, 7) is 5.92. The first-order valence-corrected chi connectivity index (χ1v) is 11.7. The molecular weight excluding hydrogens is 482 g/mol. The van der Waals surface area contributed by atoms with Crippen molar-refractivity contribution in [3.05, 3.63) is 53.1 Å². The van der Waals surface area contributed by atoms with Crippen LogP contribution in [0.2, 0.25) is 0 Å². The molecule has 1 aliphatic heterocycles. The largest absolute Gasteiger partial charge is 0.490 e. The Balaban J connectivity index is 0.00000361. The van der Waals surface area contributed by atoms with E-state index in [1.807, 2.05) is 19.9 Å². The minimum atomic E-state index is -0.0756. The van der Waals surface area contributed by atoms with Crippen molar-refractivity contribution in [2.24, 2.45) is 0 Å². The van der Waals surface area contributed by atoms with E-state index in [0.29, 0.717) is 35.1 Å². The molecule has 1 aliphatic rings. The number of halogens is 1. The first kappa shape index (κ1) is 27.1. The first-order chi connectivity index (χ1) is 17.0. The Kier molecular flexibility index (Phi) is 9.42. The number of nitriles is 1. The molecule has 0 fully saturated rings.